The lowest BCUT2D eigenvalue weighted by molar-refractivity contribution is -0.123. The van der Waals surface area contributed by atoms with Gasteiger partial charge in [0.1, 0.15) is 0 Å². The molecule has 1 saturated carbocycles. The summed E-state index contributed by atoms with van der Waals surface area (Å²) in [6.45, 7) is 0.931. The highest BCUT2D eigenvalue weighted by molar-refractivity contribution is 8.00. The average Bonchev–Trinajstić information content (AvgIpc) is 3.42. The molecule has 2 aromatic rings. The largest absolute Gasteiger partial charge is 0.354 e. The summed E-state index contributed by atoms with van der Waals surface area (Å²) in [4.78, 5) is 24.4. The molecule has 1 aliphatic rings. The fraction of sp³-hybridized carbons (Fsp3) is 0.333. The van der Waals surface area contributed by atoms with Crippen molar-refractivity contribution in [3.05, 3.63) is 41.4 Å². The molecule has 2 aromatic carbocycles. The first kappa shape index (κ1) is 17.1. The zero-order valence-electron chi connectivity index (χ0n) is 13.2. The van der Waals surface area contributed by atoms with Crippen molar-refractivity contribution in [2.45, 2.75) is 17.7 Å². The van der Waals surface area contributed by atoms with E-state index >= 15 is 0 Å². The van der Waals surface area contributed by atoms with Crippen molar-refractivity contribution in [3.63, 3.8) is 0 Å². The summed E-state index contributed by atoms with van der Waals surface area (Å²) in [7, 11) is 0. The van der Waals surface area contributed by atoms with Gasteiger partial charge in [0.05, 0.1) is 5.75 Å². The standard InChI is InChI=1S/C18H19ClN2O2S/c19-14-5-1-3-12-4-2-6-15(17(12)14)24-11-16(22)20-9-10-21-18(23)13-7-8-13/h1-6,13H,7-11H2,(H,20,22)(H,21,23). The Labute approximate surface area is 150 Å². The molecule has 0 unspecified atom stereocenters. The minimum Gasteiger partial charge on any atom is -0.354 e. The van der Waals surface area contributed by atoms with E-state index in [0.717, 1.165) is 28.5 Å². The number of hydrogen-bond acceptors (Lipinski definition) is 3. The SMILES string of the molecule is O=C(CSc1cccc2cccc(Cl)c12)NCCNC(=O)C1CC1. The minimum atomic E-state index is -0.0512. The fourth-order valence-electron chi connectivity index (χ4n) is 2.45. The molecule has 0 aromatic heterocycles. The summed E-state index contributed by atoms with van der Waals surface area (Å²) in [6.07, 6.45) is 1.98. The number of carbonyl (C=O) groups is 2. The number of carbonyl (C=O) groups excluding carboxylic acids is 2. The van der Waals surface area contributed by atoms with Gasteiger partial charge in [0, 0.05) is 34.3 Å². The molecule has 0 heterocycles. The second kappa shape index (κ2) is 7.90. The molecule has 1 fully saturated rings. The molecular formula is C18H19ClN2O2S. The van der Waals surface area contributed by atoms with Gasteiger partial charge in [0.2, 0.25) is 11.8 Å². The average molecular weight is 363 g/mol. The van der Waals surface area contributed by atoms with Crippen LogP contribution >= 0.6 is 23.4 Å². The van der Waals surface area contributed by atoms with Gasteiger partial charge in [-0.3, -0.25) is 9.59 Å². The summed E-state index contributed by atoms with van der Waals surface area (Å²) in [6, 6.07) is 11.7. The van der Waals surface area contributed by atoms with Crippen LogP contribution < -0.4 is 10.6 Å². The summed E-state index contributed by atoms with van der Waals surface area (Å²) >= 11 is 7.75. The minimum absolute atomic E-state index is 0.0512. The van der Waals surface area contributed by atoms with Crippen LogP contribution in [-0.4, -0.2) is 30.7 Å². The summed E-state index contributed by atoms with van der Waals surface area (Å²) in [5.74, 6) is 0.571. The Hall–Kier alpha value is -1.72. The predicted octanol–water partition coefficient (Wildman–Crippen LogP) is 3.23. The van der Waals surface area contributed by atoms with E-state index in [1.54, 1.807) is 0 Å². The Morgan fingerprint density at radius 1 is 1.08 bits per heavy atom. The van der Waals surface area contributed by atoms with Gasteiger partial charge in [-0.25, -0.2) is 0 Å². The van der Waals surface area contributed by atoms with Gasteiger partial charge in [-0.05, 0) is 30.4 Å². The van der Waals surface area contributed by atoms with Crippen LogP contribution in [0.4, 0.5) is 0 Å². The molecule has 4 nitrogen and oxygen atoms in total. The number of fused-ring (bicyclic) bond motifs is 1. The highest BCUT2D eigenvalue weighted by Crippen LogP contribution is 2.33. The van der Waals surface area contributed by atoms with Crippen molar-refractivity contribution in [2.75, 3.05) is 18.8 Å². The van der Waals surface area contributed by atoms with E-state index < -0.39 is 0 Å². The number of thioether (sulfide) groups is 1. The third-order valence-electron chi connectivity index (χ3n) is 3.87. The molecule has 0 saturated heterocycles. The Balaban J connectivity index is 1.47. The number of benzene rings is 2. The van der Waals surface area contributed by atoms with Gasteiger partial charge in [-0.1, -0.05) is 35.9 Å². The number of hydrogen-bond donors (Lipinski definition) is 2. The van der Waals surface area contributed by atoms with Gasteiger partial charge in [-0.15, -0.1) is 11.8 Å². The van der Waals surface area contributed by atoms with Gasteiger partial charge < -0.3 is 10.6 Å². The van der Waals surface area contributed by atoms with Crippen molar-refractivity contribution in [1.82, 2.24) is 10.6 Å². The van der Waals surface area contributed by atoms with Crippen LogP contribution in [0.5, 0.6) is 0 Å². The molecule has 6 heteroatoms. The zero-order chi connectivity index (χ0) is 16.9. The maximum absolute atomic E-state index is 12.0. The Morgan fingerprint density at radius 3 is 2.54 bits per heavy atom. The Bertz CT molecular complexity index is 757. The van der Waals surface area contributed by atoms with Crippen LogP contribution in [-0.2, 0) is 9.59 Å². The zero-order valence-corrected chi connectivity index (χ0v) is 14.8. The summed E-state index contributed by atoms with van der Waals surface area (Å²) < 4.78 is 0. The molecule has 0 bridgehead atoms. The Kier molecular flexibility index (Phi) is 5.63. The number of halogens is 1. The van der Waals surface area contributed by atoms with Crippen LogP contribution in [0.25, 0.3) is 10.8 Å². The number of nitrogens with one attached hydrogen (secondary N) is 2. The molecule has 0 spiro atoms. The van der Waals surface area contributed by atoms with E-state index in [0.29, 0.717) is 23.9 Å². The van der Waals surface area contributed by atoms with E-state index in [1.807, 2.05) is 36.4 Å². The summed E-state index contributed by atoms with van der Waals surface area (Å²) in [5.41, 5.74) is 0. The molecular weight excluding hydrogens is 344 g/mol. The highest BCUT2D eigenvalue weighted by Gasteiger charge is 2.28. The first-order valence-electron chi connectivity index (χ1n) is 7.99. The molecule has 126 valence electrons. The molecule has 3 rings (SSSR count). The van der Waals surface area contributed by atoms with Gasteiger partial charge >= 0.3 is 0 Å². The lowest BCUT2D eigenvalue weighted by atomic mass is 10.1. The Morgan fingerprint density at radius 2 is 1.79 bits per heavy atom. The van der Waals surface area contributed by atoms with Crippen molar-refractivity contribution >= 4 is 45.9 Å². The van der Waals surface area contributed by atoms with Crippen LogP contribution in [0.3, 0.4) is 0 Å². The number of rotatable bonds is 7. The van der Waals surface area contributed by atoms with E-state index in [2.05, 4.69) is 10.6 Å². The van der Waals surface area contributed by atoms with Gasteiger partial charge in [0.15, 0.2) is 0 Å². The monoisotopic (exact) mass is 362 g/mol. The molecule has 0 aliphatic heterocycles. The van der Waals surface area contributed by atoms with Crippen molar-refractivity contribution in [1.29, 1.82) is 0 Å². The lowest BCUT2D eigenvalue weighted by Crippen LogP contribution is -2.35. The molecule has 2 N–H and O–H groups in total. The van der Waals surface area contributed by atoms with Crippen LogP contribution in [0.15, 0.2) is 41.3 Å². The van der Waals surface area contributed by atoms with E-state index in [4.69, 9.17) is 11.6 Å². The van der Waals surface area contributed by atoms with Gasteiger partial charge in [-0.2, -0.15) is 0 Å². The van der Waals surface area contributed by atoms with Crippen molar-refractivity contribution < 1.29 is 9.59 Å². The first-order valence-corrected chi connectivity index (χ1v) is 9.36. The van der Waals surface area contributed by atoms with Gasteiger partial charge in [0.25, 0.3) is 0 Å². The number of amides is 2. The molecule has 2 amide bonds. The first-order chi connectivity index (χ1) is 11.6. The normalized spacial score (nSPS) is 13.7. The third kappa shape index (κ3) is 4.42. The maximum Gasteiger partial charge on any atom is 0.230 e. The second-order valence-electron chi connectivity index (χ2n) is 5.80. The quantitative estimate of drug-likeness (QED) is 0.587. The van der Waals surface area contributed by atoms with Crippen molar-refractivity contribution in [2.24, 2.45) is 5.92 Å². The predicted molar refractivity (Wildman–Crippen MR) is 98.4 cm³/mol. The van der Waals surface area contributed by atoms with Crippen LogP contribution in [0.2, 0.25) is 5.02 Å². The molecule has 0 radical (unpaired) electrons. The summed E-state index contributed by atoms with van der Waals surface area (Å²) in [5, 5.41) is 8.39. The van der Waals surface area contributed by atoms with E-state index in [9.17, 15) is 9.59 Å². The maximum atomic E-state index is 12.0. The van der Waals surface area contributed by atoms with Crippen LogP contribution in [0, 0.1) is 5.92 Å². The lowest BCUT2D eigenvalue weighted by Gasteiger charge is -2.09. The van der Waals surface area contributed by atoms with Crippen molar-refractivity contribution in [3.8, 4) is 0 Å². The fourth-order valence-corrected chi connectivity index (χ4v) is 3.73. The highest BCUT2D eigenvalue weighted by atomic mass is 35.5. The van der Waals surface area contributed by atoms with E-state index in [1.165, 1.54) is 11.8 Å². The molecule has 0 atom stereocenters. The van der Waals surface area contributed by atoms with Crippen LogP contribution in [0.1, 0.15) is 12.8 Å². The topological polar surface area (TPSA) is 58.2 Å². The third-order valence-corrected chi connectivity index (χ3v) is 5.24. The smallest absolute Gasteiger partial charge is 0.230 e. The van der Waals surface area contributed by atoms with E-state index in [-0.39, 0.29) is 17.7 Å². The molecule has 1 aliphatic carbocycles. The molecule has 24 heavy (non-hydrogen) atoms. The second-order valence-corrected chi connectivity index (χ2v) is 7.22.